The minimum Gasteiger partial charge on any atom is -0.387 e. The van der Waals surface area contributed by atoms with Gasteiger partial charge in [-0.2, -0.15) is 0 Å². The standard InChI is InChI=1S/C11H13N5O3S/c1-7(17)8-5-16(15-12-8)6-10(18)13-14-11(19)9-3-2-4-20-9/h2-5,7,17H,6H2,1H3,(H,13,18)(H,14,19). The predicted octanol–water partition coefficient (Wildman–Crippen LogP) is -0.146. The second-order valence-corrected chi connectivity index (χ2v) is 4.94. The molecule has 0 saturated carbocycles. The summed E-state index contributed by atoms with van der Waals surface area (Å²) in [6, 6.07) is 3.40. The molecule has 0 aliphatic carbocycles. The van der Waals surface area contributed by atoms with Gasteiger partial charge in [-0.05, 0) is 18.4 Å². The van der Waals surface area contributed by atoms with Gasteiger partial charge in [-0.15, -0.1) is 16.4 Å². The Bertz CT molecular complexity index is 593. The minimum atomic E-state index is -0.745. The van der Waals surface area contributed by atoms with Gasteiger partial charge in [-0.3, -0.25) is 20.4 Å². The van der Waals surface area contributed by atoms with Crippen molar-refractivity contribution in [3.05, 3.63) is 34.3 Å². The molecule has 2 rings (SSSR count). The van der Waals surface area contributed by atoms with Crippen LogP contribution >= 0.6 is 11.3 Å². The van der Waals surface area contributed by atoms with Gasteiger partial charge in [-0.25, -0.2) is 4.68 Å². The van der Waals surface area contributed by atoms with Crippen molar-refractivity contribution in [2.75, 3.05) is 0 Å². The predicted molar refractivity (Wildman–Crippen MR) is 70.6 cm³/mol. The third-order valence-corrected chi connectivity index (χ3v) is 3.22. The molecular formula is C11H13N5O3S. The summed E-state index contributed by atoms with van der Waals surface area (Å²) < 4.78 is 1.27. The fourth-order valence-electron chi connectivity index (χ4n) is 1.36. The van der Waals surface area contributed by atoms with Crippen LogP contribution in [0.5, 0.6) is 0 Å². The Balaban J connectivity index is 1.82. The highest BCUT2D eigenvalue weighted by atomic mass is 32.1. The fraction of sp³-hybridized carbons (Fsp3) is 0.273. The highest BCUT2D eigenvalue weighted by Gasteiger charge is 2.11. The smallest absolute Gasteiger partial charge is 0.279 e. The lowest BCUT2D eigenvalue weighted by Gasteiger charge is -2.05. The average Bonchev–Trinajstić information content (AvgIpc) is 3.06. The van der Waals surface area contributed by atoms with Crippen molar-refractivity contribution < 1.29 is 14.7 Å². The number of nitrogens with zero attached hydrogens (tertiary/aromatic N) is 3. The summed E-state index contributed by atoms with van der Waals surface area (Å²) in [6.07, 6.45) is 0.719. The SMILES string of the molecule is CC(O)c1cn(CC(=O)NNC(=O)c2cccs2)nn1. The number of hydrogen-bond donors (Lipinski definition) is 3. The van der Waals surface area contributed by atoms with Crippen molar-refractivity contribution >= 4 is 23.2 Å². The number of hydrazine groups is 1. The van der Waals surface area contributed by atoms with Crippen LogP contribution < -0.4 is 10.9 Å². The Morgan fingerprint density at radius 2 is 2.30 bits per heavy atom. The molecule has 0 aliphatic rings. The van der Waals surface area contributed by atoms with Crippen LogP contribution in [-0.4, -0.2) is 31.9 Å². The van der Waals surface area contributed by atoms with Crippen molar-refractivity contribution in [1.29, 1.82) is 0 Å². The molecule has 3 N–H and O–H groups in total. The number of aliphatic hydroxyl groups is 1. The van der Waals surface area contributed by atoms with E-state index in [1.54, 1.807) is 24.4 Å². The molecule has 1 atom stereocenters. The number of rotatable bonds is 4. The van der Waals surface area contributed by atoms with Crippen molar-refractivity contribution in [3.63, 3.8) is 0 Å². The van der Waals surface area contributed by atoms with Crippen LogP contribution in [0.1, 0.15) is 28.4 Å². The molecule has 0 aliphatic heterocycles. The molecule has 106 valence electrons. The van der Waals surface area contributed by atoms with Gasteiger partial charge in [0.1, 0.15) is 12.2 Å². The number of aromatic nitrogens is 3. The van der Waals surface area contributed by atoms with Crippen LogP contribution in [0.4, 0.5) is 0 Å². The average molecular weight is 295 g/mol. The van der Waals surface area contributed by atoms with Gasteiger partial charge < -0.3 is 5.11 Å². The third kappa shape index (κ3) is 3.62. The Kier molecular flexibility index (Phi) is 4.43. The van der Waals surface area contributed by atoms with E-state index in [0.29, 0.717) is 10.6 Å². The zero-order chi connectivity index (χ0) is 14.5. The second kappa shape index (κ2) is 6.26. The molecule has 0 spiro atoms. The quantitative estimate of drug-likeness (QED) is 0.680. The molecule has 2 aromatic rings. The van der Waals surface area contributed by atoms with Gasteiger partial charge in [0.25, 0.3) is 11.8 Å². The fourth-order valence-corrected chi connectivity index (χ4v) is 1.98. The molecule has 0 fully saturated rings. The Morgan fingerprint density at radius 3 is 2.90 bits per heavy atom. The molecule has 0 aromatic carbocycles. The molecule has 1 unspecified atom stereocenters. The summed E-state index contributed by atoms with van der Waals surface area (Å²) in [5.74, 6) is -0.825. The van der Waals surface area contributed by atoms with Crippen molar-refractivity contribution in [3.8, 4) is 0 Å². The number of thiophene rings is 1. The first-order chi connectivity index (χ1) is 9.56. The molecule has 0 bridgehead atoms. The minimum absolute atomic E-state index is 0.107. The van der Waals surface area contributed by atoms with Gasteiger partial charge in [0.05, 0.1) is 17.2 Å². The van der Waals surface area contributed by atoms with Gasteiger partial charge in [0, 0.05) is 0 Å². The van der Waals surface area contributed by atoms with E-state index in [4.69, 9.17) is 0 Å². The number of amides is 2. The maximum absolute atomic E-state index is 11.6. The van der Waals surface area contributed by atoms with Crippen LogP contribution in [0.2, 0.25) is 0 Å². The molecule has 0 radical (unpaired) electrons. The van der Waals surface area contributed by atoms with Crippen LogP contribution in [0.25, 0.3) is 0 Å². The van der Waals surface area contributed by atoms with E-state index in [2.05, 4.69) is 21.2 Å². The van der Waals surface area contributed by atoms with Gasteiger partial charge in [-0.1, -0.05) is 11.3 Å². The Labute approximate surface area is 118 Å². The normalized spacial score (nSPS) is 11.9. The molecular weight excluding hydrogens is 282 g/mol. The van der Waals surface area contributed by atoms with Crippen LogP contribution in [0, 0.1) is 0 Å². The summed E-state index contributed by atoms with van der Waals surface area (Å²) in [5.41, 5.74) is 4.95. The summed E-state index contributed by atoms with van der Waals surface area (Å²) in [7, 11) is 0. The largest absolute Gasteiger partial charge is 0.387 e. The van der Waals surface area contributed by atoms with Crippen LogP contribution in [0.15, 0.2) is 23.7 Å². The first kappa shape index (κ1) is 14.2. The maximum atomic E-state index is 11.6. The zero-order valence-corrected chi connectivity index (χ0v) is 11.4. The highest BCUT2D eigenvalue weighted by molar-refractivity contribution is 7.12. The number of nitrogens with one attached hydrogen (secondary N) is 2. The summed E-state index contributed by atoms with van der Waals surface area (Å²) in [5, 5.41) is 18.4. The summed E-state index contributed by atoms with van der Waals surface area (Å²) in [4.78, 5) is 23.7. The third-order valence-electron chi connectivity index (χ3n) is 2.35. The van der Waals surface area contributed by atoms with E-state index < -0.39 is 12.0 Å². The monoisotopic (exact) mass is 295 g/mol. The van der Waals surface area contributed by atoms with E-state index in [1.807, 2.05) is 0 Å². The maximum Gasteiger partial charge on any atom is 0.279 e. The zero-order valence-electron chi connectivity index (χ0n) is 10.6. The Morgan fingerprint density at radius 1 is 1.50 bits per heavy atom. The first-order valence-corrected chi connectivity index (χ1v) is 6.65. The van der Waals surface area contributed by atoms with Crippen molar-refractivity contribution in [2.45, 2.75) is 19.6 Å². The molecule has 2 heterocycles. The van der Waals surface area contributed by atoms with Crippen LogP contribution in [-0.2, 0) is 11.3 Å². The Hall–Kier alpha value is -2.26. The van der Waals surface area contributed by atoms with E-state index in [1.165, 1.54) is 22.2 Å². The molecule has 2 amide bonds. The molecule has 9 heteroatoms. The molecule has 0 saturated heterocycles. The van der Waals surface area contributed by atoms with Gasteiger partial charge in [0.2, 0.25) is 0 Å². The highest BCUT2D eigenvalue weighted by Crippen LogP contribution is 2.07. The van der Waals surface area contributed by atoms with E-state index in [-0.39, 0.29) is 12.5 Å². The molecule has 20 heavy (non-hydrogen) atoms. The van der Waals surface area contributed by atoms with E-state index >= 15 is 0 Å². The lowest BCUT2D eigenvalue weighted by molar-refractivity contribution is -0.122. The lowest BCUT2D eigenvalue weighted by atomic mass is 10.3. The van der Waals surface area contributed by atoms with Crippen molar-refractivity contribution in [1.82, 2.24) is 25.8 Å². The van der Waals surface area contributed by atoms with Crippen molar-refractivity contribution in [2.24, 2.45) is 0 Å². The lowest BCUT2D eigenvalue weighted by Crippen LogP contribution is -2.43. The topological polar surface area (TPSA) is 109 Å². The number of carbonyl (C=O) groups is 2. The number of carbonyl (C=O) groups excluding carboxylic acids is 2. The number of hydrogen-bond acceptors (Lipinski definition) is 6. The van der Waals surface area contributed by atoms with Gasteiger partial charge >= 0.3 is 0 Å². The van der Waals surface area contributed by atoms with E-state index in [0.717, 1.165) is 0 Å². The second-order valence-electron chi connectivity index (χ2n) is 4.00. The molecule has 2 aromatic heterocycles. The summed E-state index contributed by atoms with van der Waals surface area (Å²) in [6.45, 7) is 1.44. The summed E-state index contributed by atoms with van der Waals surface area (Å²) >= 11 is 1.27. The van der Waals surface area contributed by atoms with E-state index in [9.17, 15) is 14.7 Å². The van der Waals surface area contributed by atoms with Crippen LogP contribution in [0.3, 0.4) is 0 Å². The molecule has 8 nitrogen and oxygen atoms in total. The van der Waals surface area contributed by atoms with Gasteiger partial charge in [0.15, 0.2) is 0 Å². The first-order valence-electron chi connectivity index (χ1n) is 5.77. The number of aliphatic hydroxyl groups excluding tert-OH is 1.